The van der Waals surface area contributed by atoms with Gasteiger partial charge in [0.25, 0.3) is 0 Å². The Balaban J connectivity index is 2.47. The number of rotatable bonds is 2. The van der Waals surface area contributed by atoms with E-state index in [9.17, 15) is 10.2 Å². The summed E-state index contributed by atoms with van der Waals surface area (Å²) in [5.41, 5.74) is 14.0. The number of nitrogens with zero attached hydrogens (tertiary/aromatic N) is 1. The van der Waals surface area contributed by atoms with Crippen LogP contribution in [0.2, 0.25) is 0 Å². The number of phenolic OH excluding ortho intramolecular Hbond substituents is 2. The molecule has 22 heavy (non-hydrogen) atoms. The van der Waals surface area contributed by atoms with Gasteiger partial charge in [0.2, 0.25) is 5.96 Å². The van der Waals surface area contributed by atoms with Crippen LogP contribution in [0.25, 0.3) is 10.8 Å². The average molecular weight is 298 g/mol. The first-order valence-corrected chi connectivity index (χ1v) is 6.70. The number of phenols is 2. The Hall–Kier alpha value is -3.07. The molecule has 0 heterocycles. The molecule has 6 heteroatoms. The van der Waals surface area contributed by atoms with Crippen LogP contribution in [0.1, 0.15) is 18.1 Å². The number of fused-ring (bicyclic) bond motifs is 1. The standard InChI is InChI=1S/C16H18N4O2/c1-9(19-20-16(17)18)7-8-11-10(2)14(21)12-5-3-4-6-13(12)15(11)22/h3-6,9,19,21-22H,1-2H3,(H4,17,18,20). The Bertz CT molecular complexity index is 799. The minimum absolute atomic E-state index is 0.0486. The Kier molecular flexibility index (Phi) is 4.28. The molecule has 0 aliphatic heterocycles. The van der Waals surface area contributed by atoms with Gasteiger partial charge in [-0.15, -0.1) is 5.10 Å². The Labute approximate surface area is 128 Å². The summed E-state index contributed by atoms with van der Waals surface area (Å²) in [7, 11) is 0. The zero-order chi connectivity index (χ0) is 16.3. The minimum atomic E-state index is -0.325. The molecule has 0 aromatic heterocycles. The van der Waals surface area contributed by atoms with E-state index in [1.165, 1.54) is 0 Å². The fourth-order valence-electron chi connectivity index (χ4n) is 2.07. The monoisotopic (exact) mass is 298 g/mol. The maximum absolute atomic E-state index is 10.4. The summed E-state index contributed by atoms with van der Waals surface area (Å²) in [6.07, 6.45) is 0. The lowest BCUT2D eigenvalue weighted by Crippen LogP contribution is -2.29. The van der Waals surface area contributed by atoms with Crippen molar-refractivity contribution < 1.29 is 10.2 Å². The van der Waals surface area contributed by atoms with Gasteiger partial charge in [-0.05, 0) is 13.8 Å². The van der Waals surface area contributed by atoms with Crippen LogP contribution in [-0.4, -0.2) is 22.2 Å². The van der Waals surface area contributed by atoms with E-state index >= 15 is 0 Å². The highest BCUT2D eigenvalue weighted by Crippen LogP contribution is 2.38. The van der Waals surface area contributed by atoms with Gasteiger partial charge >= 0.3 is 0 Å². The highest BCUT2D eigenvalue weighted by atomic mass is 16.3. The Morgan fingerprint density at radius 1 is 1.18 bits per heavy atom. The molecule has 0 saturated heterocycles. The van der Waals surface area contributed by atoms with Crippen LogP contribution in [0.4, 0.5) is 0 Å². The third-order valence-electron chi connectivity index (χ3n) is 3.21. The van der Waals surface area contributed by atoms with E-state index in [4.69, 9.17) is 11.5 Å². The summed E-state index contributed by atoms with van der Waals surface area (Å²) in [4.78, 5) is 0. The van der Waals surface area contributed by atoms with Gasteiger partial charge in [0.15, 0.2) is 0 Å². The smallest absolute Gasteiger partial charge is 0.208 e. The number of hydrazone groups is 1. The van der Waals surface area contributed by atoms with Gasteiger partial charge in [-0.25, -0.2) is 0 Å². The number of guanidine groups is 1. The van der Waals surface area contributed by atoms with Gasteiger partial charge in [-0.2, -0.15) is 0 Å². The predicted molar refractivity (Wildman–Crippen MR) is 87.3 cm³/mol. The minimum Gasteiger partial charge on any atom is -0.507 e. The molecule has 0 saturated carbocycles. The molecule has 7 N–H and O–H groups in total. The van der Waals surface area contributed by atoms with Crippen molar-refractivity contribution in [3.05, 3.63) is 35.4 Å². The molecule has 114 valence electrons. The first kappa shape index (κ1) is 15.3. The van der Waals surface area contributed by atoms with Crippen LogP contribution in [0.5, 0.6) is 11.5 Å². The lowest BCUT2D eigenvalue weighted by molar-refractivity contribution is 0.464. The molecule has 0 bridgehead atoms. The van der Waals surface area contributed by atoms with Crippen molar-refractivity contribution in [3.8, 4) is 23.3 Å². The first-order valence-electron chi connectivity index (χ1n) is 6.70. The fourth-order valence-corrected chi connectivity index (χ4v) is 2.07. The fraction of sp³-hybridized carbons (Fsp3) is 0.188. The molecule has 2 rings (SSSR count). The van der Waals surface area contributed by atoms with Crippen molar-refractivity contribution in [3.63, 3.8) is 0 Å². The van der Waals surface area contributed by atoms with Gasteiger partial charge in [0, 0.05) is 16.3 Å². The number of benzene rings is 2. The molecular formula is C16H18N4O2. The highest BCUT2D eigenvalue weighted by Gasteiger charge is 2.14. The summed E-state index contributed by atoms with van der Waals surface area (Å²) in [5.74, 6) is 5.82. The molecule has 0 spiro atoms. The summed E-state index contributed by atoms with van der Waals surface area (Å²) in [5, 5.41) is 25.4. The lowest BCUT2D eigenvalue weighted by atomic mass is 9.99. The lowest BCUT2D eigenvalue weighted by Gasteiger charge is -2.10. The maximum atomic E-state index is 10.4. The summed E-state index contributed by atoms with van der Waals surface area (Å²) < 4.78 is 0. The first-order chi connectivity index (χ1) is 10.4. The van der Waals surface area contributed by atoms with Gasteiger partial charge in [-0.3, -0.25) is 5.43 Å². The second-order valence-corrected chi connectivity index (χ2v) is 4.90. The molecule has 0 amide bonds. The van der Waals surface area contributed by atoms with E-state index in [-0.39, 0.29) is 23.5 Å². The van der Waals surface area contributed by atoms with Crippen molar-refractivity contribution in [1.29, 1.82) is 0 Å². The molecule has 1 unspecified atom stereocenters. The predicted octanol–water partition coefficient (Wildman–Crippen LogP) is 1.08. The van der Waals surface area contributed by atoms with Crippen LogP contribution < -0.4 is 16.9 Å². The molecule has 0 radical (unpaired) electrons. The second kappa shape index (κ2) is 6.14. The number of hydrogen-bond donors (Lipinski definition) is 5. The molecule has 2 aromatic carbocycles. The Morgan fingerprint density at radius 3 is 2.36 bits per heavy atom. The van der Waals surface area contributed by atoms with Crippen molar-refractivity contribution in [1.82, 2.24) is 5.43 Å². The van der Waals surface area contributed by atoms with E-state index in [0.717, 1.165) is 0 Å². The van der Waals surface area contributed by atoms with E-state index < -0.39 is 0 Å². The number of nitrogens with one attached hydrogen (secondary N) is 1. The summed E-state index contributed by atoms with van der Waals surface area (Å²) >= 11 is 0. The number of nitrogens with two attached hydrogens (primary N) is 2. The van der Waals surface area contributed by atoms with E-state index in [0.29, 0.717) is 21.9 Å². The van der Waals surface area contributed by atoms with Crippen molar-refractivity contribution >= 4 is 16.7 Å². The molecule has 2 aromatic rings. The van der Waals surface area contributed by atoms with Crippen LogP contribution in [-0.2, 0) is 0 Å². The average Bonchev–Trinajstić information content (AvgIpc) is 2.50. The van der Waals surface area contributed by atoms with Crippen molar-refractivity contribution in [2.45, 2.75) is 19.9 Å². The summed E-state index contributed by atoms with van der Waals surface area (Å²) in [6, 6.07) is 6.74. The third-order valence-corrected chi connectivity index (χ3v) is 3.21. The summed E-state index contributed by atoms with van der Waals surface area (Å²) in [6.45, 7) is 3.48. The van der Waals surface area contributed by atoms with E-state index in [1.54, 1.807) is 38.1 Å². The number of hydrogen-bond acceptors (Lipinski definition) is 4. The van der Waals surface area contributed by atoms with Gasteiger partial charge in [-0.1, -0.05) is 36.1 Å². The van der Waals surface area contributed by atoms with Gasteiger partial charge < -0.3 is 21.7 Å². The van der Waals surface area contributed by atoms with E-state index in [2.05, 4.69) is 22.4 Å². The van der Waals surface area contributed by atoms with Gasteiger partial charge in [0.1, 0.15) is 17.5 Å². The van der Waals surface area contributed by atoms with Crippen LogP contribution in [0.15, 0.2) is 29.4 Å². The zero-order valence-electron chi connectivity index (χ0n) is 12.4. The molecule has 0 aliphatic rings. The zero-order valence-corrected chi connectivity index (χ0v) is 12.4. The largest absolute Gasteiger partial charge is 0.507 e. The van der Waals surface area contributed by atoms with Crippen LogP contribution >= 0.6 is 0 Å². The number of aromatic hydroxyl groups is 2. The van der Waals surface area contributed by atoms with Gasteiger partial charge in [0.05, 0.1) is 5.56 Å². The third kappa shape index (κ3) is 2.99. The van der Waals surface area contributed by atoms with Crippen molar-refractivity contribution in [2.24, 2.45) is 16.6 Å². The second-order valence-electron chi connectivity index (χ2n) is 4.90. The normalized spacial score (nSPS) is 11.4. The quantitative estimate of drug-likeness (QED) is 0.187. The van der Waals surface area contributed by atoms with Crippen LogP contribution in [0, 0.1) is 18.8 Å². The maximum Gasteiger partial charge on any atom is 0.208 e. The molecule has 6 nitrogen and oxygen atoms in total. The SMILES string of the molecule is Cc1c(C#CC(C)NN=C(N)N)c(O)c2ccccc2c1O. The molecule has 0 fully saturated rings. The van der Waals surface area contributed by atoms with Crippen LogP contribution in [0.3, 0.4) is 0 Å². The molecule has 0 aliphatic carbocycles. The Morgan fingerprint density at radius 2 is 1.77 bits per heavy atom. The molecular weight excluding hydrogens is 280 g/mol. The topological polar surface area (TPSA) is 117 Å². The van der Waals surface area contributed by atoms with E-state index in [1.807, 2.05) is 0 Å². The molecule has 1 atom stereocenters. The highest BCUT2D eigenvalue weighted by molar-refractivity contribution is 5.96. The van der Waals surface area contributed by atoms with Crippen molar-refractivity contribution in [2.75, 3.05) is 0 Å².